The topological polar surface area (TPSA) is 98.2 Å². The highest BCUT2D eigenvalue weighted by Crippen LogP contribution is 2.20. The fourth-order valence-electron chi connectivity index (χ4n) is 2.36. The van der Waals surface area contributed by atoms with Gasteiger partial charge in [0.15, 0.2) is 12.7 Å². The van der Waals surface area contributed by atoms with Crippen LogP contribution in [0.5, 0.6) is 5.75 Å². The van der Waals surface area contributed by atoms with E-state index < -0.39 is 12.1 Å². The van der Waals surface area contributed by atoms with Crippen molar-refractivity contribution in [1.29, 1.82) is 5.26 Å². The van der Waals surface area contributed by atoms with E-state index in [1.807, 2.05) is 37.3 Å². The van der Waals surface area contributed by atoms with Crippen molar-refractivity contribution in [3.05, 3.63) is 65.5 Å². The number of nitrogens with zero attached hydrogens (tertiary/aromatic N) is 3. The van der Waals surface area contributed by atoms with Crippen molar-refractivity contribution in [2.24, 2.45) is 0 Å². The molecule has 7 heteroatoms. The van der Waals surface area contributed by atoms with Gasteiger partial charge in [0.05, 0.1) is 11.6 Å². The molecule has 0 spiro atoms. The van der Waals surface area contributed by atoms with E-state index in [1.165, 1.54) is 0 Å². The second kappa shape index (κ2) is 8.15. The summed E-state index contributed by atoms with van der Waals surface area (Å²) in [5, 5.41) is 12.7. The maximum Gasteiger partial charge on any atom is 0.347 e. The summed E-state index contributed by atoms with van der Waals surface area (Å²) >= 11 is 0. The number of aryl methyl sites for hydroxylation is 1. The Bertz CT molecular complexity index is 973. The van der Waals surface area contributed by atoms with Gasteiger partial charge in [-0.3, -0.25) is 0 Å². The van der Waals surface area contributed by atoms with Crippen molar-refractivity contribution in [2.75, 3.05) is 0 Å². The van der Waals surface area contributed by atoms with E-state index in [2.05, 4.69) is 10.1 Å². The van der Waals surface area contributed by atoms with Crippen LogP contribution in [0.15, 0.2) is 53.1 Å². The number of rotatable bonds is 6. The Kier molecular flexibility index (Phi) is 5.47. The van der Waals surface area contributed by atoms with Crippen LogP contribution < -0.4 is 4.74 Å². The van der Waals surface area contributed by atoms with Crippen LogP contribution in [0.3, 0.4) is 0 Å². The van der Waals surface area contributed by atoms with Gasteiger partial charge in [-0.15, -0.1) is 0 Å². The van der Waals surface area contributed by atoms with E-state index in [0.29, 0.717) is 17.1 Å². The molecule has 0 saturated carbocycles. The first-order chi connectivity index (χ1) is 13.1. The summed E-state index contributed by atoms with van der Waals surface area (Å²) in [6.45, 7) is 3.39. The zero-order valence-corrected chi connectivity index (χ0v) is 14.9. The first kappa shape index (κ1) is 18.1. The second-order valence-corrected chi connectivity index (χ2v) is 5.83. The molecule has 0 aliphatic heterocycles. The highest BCUT2D eigenvalue weighted by atomic mass is 16.6. The van der Waals surface area contributed by atoms with Crippen molar-refractivity contribution < 1.29 is 18.8 Å². The van der Waals surface area contributed by atoms with Crippen molar-refractivity contribution in [3.8, 4) is 23.2 Å². The zero-order chi connectivity index (χ0) is 19.2. The quantitative estimate of drug-likeness (QED) is 0.619. The van der Waals surface area contributed by atoms with E-state index in [4.69, 9.17) is 19.3 Å². The molecule has 3 aromatic rings. The van der Waals surface area contributed by atoms with Crippen molar-refractivity contribution in [1.82, 2.24) is 10.1 Å². The van der Waals surface area contributed by atoms with Gasteiger partial charge in [-0.1, -0.05) is 29.4 Å². The average Bonchev–Trinajstić information content (AvgIpc) is 3.15. The van der Waals surface area contributed by atoms with Crippen molar-refractivity contribution >= 4 is 5.97 Å². The van der Waals surface area contributed by atoms with Gasteiger partial charge in [0.25, 0.3) is 5.89 Å². The highest BCUT2D eigenvalue weighted by molar-refractivity contribution is 5.74. The van der Waals surface area contributed by atoms with Crippen molar-refractivity contribution in [2.45, 2.75) is 26.6 Å². The molecule has 27 heavy (non-hydrogen) atoms. The molecule has 2 aromatic carbocycles. The van der Waals surface area contributed by atoms with E-state index in [-0.39, 0.29) is 12.5 Å². The fourth-order valence-corrected chi connectivity index (χ4v) is 2.36. The first-order valence-electron chi connectivity index (χ1n) is 8.29. The summed E-state index contributed by atoms with van der Waals surface area (Å²) < 4.78 is 15.8. The van der Waals surface area contributed by atoms with E-state index in [1.54, 1.807) is 31.2 Å². The minimum Gasteiger partial charge on any atom is -0.479 e. The Balaban J connectivity index is 1.56. The molecular formula is C20H17N3O4. The van der Waals surface area contributed by atoms with Crippen LogP contribution in [-0.2, 0) is 16.1 Å². The summed E-state index contributed by atoms with van der Waals surface area (Å²) in [6.07, 6.45) is -0.823. The predicted octanol–water partition coefficient (Wildman–Crippen LogP) is 3.43. The van der Waals surface area contributed by atoms with Crippen LogP contribution in [0.25, 0.3) is 11.4 Å². The van der Waals surface area contributed by atoms with Gasteiger partial charge < -0.3 is 14.0 Å². The SMILES string of the molecule is Cc1ccccc1-c1noc(COC(=O)[C@H](C)Oc2ccc(C#N)cc2)n1. The lowest BCUT2D eigenvalue weighted by molar-refractivity contribution is -0.153. The number of nitriles is 1. The predicted molar refractivity (Wildman–Crippen MR) is 95.5 cm³/mol. The number of hydrogen-bond acceptors (Lipinski definition) is 7. The number of esters is 1. The molecule has 0 radical (unpaired) electrons. The zero-order valence-electron chi connectivity index (χ0n) is 14.9. The fraction of sp³-hybridized carbons (Fsp3) is 0.200. The summed E-state index contributed by atoms with van der Waals surface area (Å²) in [4.78, 5) is 16.3. The van der Waals surface area contributed by atoms with E-state index in [0.717, 1.165) is 11.1 Å². The number of hydrogen-bond donors (Lipinski definition) is 0. The van der Waals surface area contributed by atoms with E-state index in [9.17, 15) is 4.79 Å². The molecule has 136 valence electrons. The molecule has 0 aliphatic rings. The maximum absolute atomic E-state index is 12.1. The van der Waals surface area contributed by atoms with Crippen LogP contribution in [0.1, 0.15) is 23.9 Å². The molecule has 1 atom stereocenters. The molecule has 0 unspecified atom stereocenters. The van der Waals surface area contributed by atoms with Crippen LogP contribution in [0, 0.1) is 18.3 Å². The molecule has 1 aromatic heterocycles. The smallest absolute Gasteiger partial charge is 0.347 e. The Labute approximate surface area is 156 Å². The summed E-state index contributed by atoms with van der Waals surface area (Å²) in [7, 11) is 0. The minimum atomic E-state index is -0.823. The van der Waals surface area contributed by atoms with Crippen LogP contribution in [0.4, 0.5) is 0 Å². The minimum absolute atomic E-state index is 0.140. The highest BCUT2D eigenvalue weighted by Gasteiger charge is 2.18. The standard InChI is InChI=1S/C20H17N3O4/c1-13-5-3-4-6-17(13)19-22-18(27-23-19)12-25-20(24)14(2)26-16-9-7-15(11-21)8-10-16/h3-10,14H,12H2,1-2H3/t14-/m0/s1. The summed E-state index contributed by atoms with van der Waals surface area (Å²) in [6, 6.07) is 16.1. The number of carbonyl (C=O) groups is 1. The third-order valence-electron chi connectivity index (χ3n) is 3.82. The number of benzene rings is 2. The van der Waals surface area contributed by atoms with Crippen LogP contribution in [0.2, 0.25) is 0 Å². The van der Waals surface area contributed by atoms with Crippen molar-refractivity contribution in [3.63, 3.8) is 0 Å². The molecule has 0 saturated heterocycles. The third-order valence-corrected chi connectivity index (χ3v) is 3.82. The molecule has 0 bridgehead atoms. The summed E-state index contributed by atoms with van der Waals surface area (Å²) in [5.74, 6) is 0.557. The molecule has 0 fully saturated rings. The molecule has 7 nitrogen and oxygen atoms in total. The second-order valence-electron chi connectivity index (χ2n) is 5.83. The lowest BCUT2D eigenvalue weighted by Gasteiger charge is -2.13. The van der Waals surface area contributed by atoms with E-state index >= 15 is 0 Å². The third kappa shape index (κ3) is 4.50. The van der Waals surface area contributed by atoms with Gasteiger partial charge in [0, 0.05) is 5.56 Å². The lowest BCUT2D eigenvalue weighted by atomic mass is 10.1. The van der Waals surface area contributed by atoms with Crippen LogP contribution >= 0.6 is 0 Å². The van der Waals surface area contributed by atoms with Gasteiger partial charge in [-0.05, 0) is 43.7 Å². The average molecular weight is 363 g/mol. The maximum atomic E-state index is 12.1. The number of carbonyl (C=O) groups excluding carboxylic acids is 1. The normalized spacial score (nSPS) is 11.4. The molecule has 0 aliphatic carbocycles. The van der Waals surface area contributed by atoms with Gasteiger partial charge in [0.1, 0.15) is 5.75 Å². The Morgan fingerprint density at radius 3 is 2.67 bits per heavy atom. The molecule has 0 amide bonds. The number of ether oxygens (including phenoxy) is 2. The summed E-state index contributed by atoms with van der Waals surface area (Å²) in [5.41, 5.74) is 2.39. The monoisotopic (exact) mass is 363 g/mol. The Morgan fingerprint density at radius 2 is 1.96 bits per heavy atom. The van der Waals surface area contributed by atoms with Gasteiger partial charge in [-0.25, -0.2) is 4.79 Å². The van der Waals surface area contributed by atoms with Gasteiger partial charge in [0.2, 0.25) is 5.82 Å². The molecular weight excluding hydrogens is 346 g/mol. The number of aromatic nitrogens is 2. The molecule has 0 N–H and O–H groups in total. The molecule has 1 heterocycles. The first-order valence-corrected chi connectivity index (χ1v) is 8.29. The largest absolute Gasteiger partial charge is 0.479 e. The Morgan fingerprint density at radius 1 is 1.22 bits per heavy atom. The van der Waals surface area contributed by atoms with Crippen LogP contribution in [-0.4, -0.2) is 22.2 Å². The van der Waals surface area contributed by atoms with Gasteiger partial charge >= 0.3 is 5.97 Å². The Hall–Kier alpha value is -3.66. The molecule has 3 rings (SSSR count). The van der Waals surface area contributed by atoms with Gasteiger partial charge in [-0.2, -0.15) is 10.2 Å². The lowest BCUT2D eigenvalue weighted by Crippen LogP contribution is -2.26.